The van der Waals surface area contributed by atoms with E-state index in [-0.39, 0.29) is 5.91 Å². The highest BCUT2D eigenvalue weighted by Gasteiger charge is 2.34. The van der Waals surface area contributed by atoms with Crippen LogP contribution in [0.15, 0.2) is 18.2 Å². The summed E-state index contributed by atoms with van der Waals surface area (Å²) >= 11 is 3.54. The Balaban J connectivity index is 2.29. The number of aryl methyl sites for hydroxylation is 1. The van der Waals surface area contributed by atoms with E-state index in [4.69, 9.17) is 0 Å². The summed E-state index contributed by atoms with van der Waals surface area (Å²) < 4.78 is 0. The van der Waals surface area contributed by atoms with Gasteiger partial charge in [0, 0.05) is 23.5 Å². The lowest BCUT2D eigenvalue weighted by molar-refractivity contribution is 0.0738. The number of benzene rings is 1. The fourth-order valence-corrected chi connectivity index (χ4v) is 3.62. The molecule has 2 rings (SSSR count). The molecule has 1 aliphatic rings. The van der Waals surface area contributed by atoms with E-state index in [1.165, 1.54) is 5.56 Å². The van der Waals surface area contributed by atoms with Gasteiger partial charge in [-0.1, -0.05) is 35.0 Å². The lowest BCUT2D eigenvalue weighted by Gasteiger charge is -2.26. The van der Waals surface area contributed by atoms with Crippen molar-refractivity contribution in [3.05, 3.63) is 34.9 Å². The standard InChI is InChI=1S/C15H20BrNO/c1-10-5-4-6-13(12(10)3)15(18)17-8-7-11(2)14(17)9-16/h4-6,11,14H,7-9H2,1-3H3. The SMILES string of the molecule is Cc1cccc(C(=O)N2CCC(C)C2CBr)c1C. The van der Waals surface area contributed by atoms with Gasteiger partial charge in [-0.05, 0) is 43.4 Å². The summed E-state index contributed by atoms with van der Waals surface area (Å²) in [6.07, 6.45) is 1.10. The Morgan fingerprint density at radius 2 is 2.17 bits per heavy atom. The molecule has 1 aromatic rings. The highest BCUT2D eigenvalue weighted by molar-refractivity contribution is 9.09. The summed E-state index contributed by atoms with van der Waals surface area (Å²) in [6.45, 7) is 7.19. The zero-order valence-corrected chi connectivity index (χ0v) is 12.8. The van der Waals surface area contributed by atoms with Gasteiger partial charge in [0.25, 0.3) is 5.91 Å². The number of hydrogen-bond donors (Lipinski definition) is 0. The molecule has 1 amide bonds. The molecule has 98 valence electrons. The van der Waals surface area contributed by atoms with Crippen molar-refractivity contribution in [2.24, 2.45) is 5.92 Å². The van der Waals surface area contributed by atoms with Gasteiger partial charge in [-0.3, -0.25) is 4.79 Å². The first kappa shape index (κ1) is 13.6. The van der Waals surface area contributed by atoms with Crippen LogP contribution in [-0.4, -0.2) is 28.7 Å². The number of rotatable bonds is 2. The molecule has 1 heterocycles. The van der Waals surface area contributed by atoms with Crippen LogP contribution in [0.3, 0.4) is 0 Å². The highest BCUT2D eigenvalue weighted by atomic mass is 79.9. The van der Waals surface area contributed by atoms with E-state index in [1.54, 1.807) is 0 Å². The van der Waals surface area contributed by atoms with Crippen LogP contribution in [0, 0.1) is 19.8 Å². The van der Waals surface area contributed by atoms with E-state index in [0.717, 1.165) is 29.4 Å². The van der Waals surface area contributed by atoms with Crippen molar-refractivity contribution in [2.45, 2.75) is 33.2 Å². The van der Waals surface area contributed by atoms with Gasteiger partial charge in [0.15, 0.2) is 0 Å². The molecule has 0 aliphatic carbocycles. The Labute approximate surface area is 117 Å². The van der Waals surface area contributed by atoms with Crippen LogP contribution in [0.25, 0.3) is 0 Å². The summed E-state index contributed by atoms with van der Waals surface area (Å²) in [4.78, 5) is 14.7. The molecule has 0 aromatic heterocycles. The fourth-order valence-electron chi connectivity index (χ4n) is 2.63. The second-order valence-electron chi connectivity index (χ2n) is 5.23. The van der Waals surface area contributed by atoms with Crippen molar-refractivity contribution in [3.63, 3.8) is 0 Å². The molecule has 3 heteroatoms. The third-order valence-corrected chi connectivity index (χ3v) is 4.80. The van der Waals surface area contributed by atoms with Crippen molar-refractivity contribution < 1.29 is 4.79 Å². The largest absolute Gasteiger partial charge is 0.335 e. The summed E-state index contributed by atoms with van der Waals surface area (Å²) in [5.41, 5.74) is 3.15. The molecule has 2 atom stereocenters. The first-order valence-electron chi connectivity index (χ1n) is 6.49. The maximum atomic E-state index is 12.6. The van der Waals surface area contributed by atoms with E-state index >= 15 is 0 Å². The zero-order chi connectivity index (χ0) is 13.3. The zero-order valence-electron chi connectivity index (χ0n) is 11.2. The Kier molecular flexibility index (Phi) is 4.10. The molecular formula is C15H20BrNO. The monoisotopic (exact) mass is 309 g/mol. The molecule has 0 radical (unpaired) electrons. The van der Waals surface area contributed by atoms with E-state index in [1.807, 2.05) is 24.0 Å². The quantitative estimate of drug-likeness (QED) is 0.765. The van der Waals surface area contributed by atoms with Crippen LogP contribution >= 0.6 is 15.9 Å². The van der Waals surface area contributed by atoms with Crippen LogP contribution in [0.1, 0.15) is 34.8 Å². The lowest BCUT2D eigenvalue weighted by Crippen LogP contribution is -2.38. The summed E-state index contributed by atoms with van der Waals surface area (Å²) in [5, 5.41) is 0.866. The minimum atomic E-state index is 0.185. The van der Waals surface area contributed by atoms with Gasteiger partial charge < -0.3 is 4.90 Å². The van der Waals surface area contributed by atoms with Gasteiger partial charge in [-0.15, -0.1) is 0 Å². The van der Waals surface area contributed by atoms with Gasteiger partial charge in [-0.25, -0.2) is 0 Å². The molecule has 1 aliphatic heterocycles. The molecule has 1 fully saturated rings. The molecule has 1 aromatic carbocycles. The molecular weight excluding hydrogens is 290 g/mol. The second-order valence-corrected chi connectivity index (χ2v) is 5.88. The topological polar surface area (TPSA) is 20.3 Å². The first-order chi connectivity index (χ1) is 8.56. The van der Waals surface area contributed by atoms with Crippen LogP contribution in [0.4, 0.5) is 0 Å². The predicted octanol–water partition coefficient (Wildman–Crippen LogP) is 3.55. The minimum absolute atomic E-state index is 0.185. The van der Waals surface area contributed by atoms with E-state index in [2.05, 4.69) is 35.8 Å². The number of carbonyl (C=O) groups is 1. The van der Waals surface area contributed by atoms with Crippen LogP contribution in [-0.2, 0) is 0 Å². The molecule has 0 spiro atoms. The molecule has 18 heavy (non-hydrogen) atoms. The maximum Gasteiger partial charge on any atom is 0.254 e. The predicted molar refractivity (Wildman–Crippen MR) is 78.3 cm³/mol. The molecule has 0 bridgehead atoms. The summed E-state index contributed by atoms with van der Waals surface area (Å²) in [6, 6.07) is 6.30. The van der Waals surface area contributed by atoms with Crippen molar-refractivity contribution in [3.8, 4) is 0 Å². The van der Waals surface area contributed by atoms with Gasteiger partial charge in [0.1, 0.15) is 0 Å². The number of hydrogen-bond acceptors (Lipinski definition) is 1. The van der Waals surface area contributed by atoms with Crippen molar-refractivity contribution >= 4 is 21.8 Å². The number of carbonyl (C=O) groups excluding carboxylic acids is 1. The summed E-state index contributed by atoms with van der Waals surface area (Å²) in [5.74, 6) is 0.767. The Morgan fingerprint density at radius 1 is 1.44 bits per heavy atom. The third kappa shape index (κ3) is 2.33. The Bertz CT molecular complexity index is 458. The maximum absolute atomic E-state index is 12.6. The molecule has 2 nitrogen and oxygen atoms in total. The van der Waals surface area contributed by atoms with Crippen molar-refractivity contribution in [1.82, 2.24) is 4.90 Å². The van der Waals surface area contributed by atoms with Gasteiger partial charge in [0.05, 0.1) is 0 Å². The lowest BCUT2D eigenvalue weighted by atomic mass is 10.0. The van der Waals surface area contributed by atoms with Crippen LogP contribution < -0.4 is 0 Å². The average Bonchev–Trinajstić information content (AvgIpc) is 2.73. The first-order valence-corrected chi connectivity index (χ1v) is 7.61. The third-order valence-electron chi connectivity index (χ3n) is 4.14. The smallest absolute Gasteiger partial charge is 0.254 e. The number of nitrogens with zero attached hydrogens (tertiary/aromatic N) is 1. The summed E-state index contributed by atoms with van der Waals surface area (Å²) in [7, 11) is 0. The van der Waals surface area contributed by atoms with Crippen molar-refractivity contribution in [1.29, 1.82) is 0 Å². The van der Waals surface area contributed by atoms with E-state index in [9.17, 15) is 4.79 Å². The molecule has 2 unspecified atom stereocenters. The molecule has 0 N–H and O–H groups in total. The van der Waals surface area contributed by atoms with E-state index < -0.39 is 0 Å². The van der Waals surface area contributed by atoms with Gasteiger partial charge in [0.2, 0.25) is 0 Å². The van der Waals surface area contributed by atoms with Crippen LogP contribution in [0.2, 0.25) is 0 Å². The number of halogens is 1. The minimum Gasteiger partial charge on any atom is -0.335 e. The molecule has 0 saturated carbocycles. The highest BCUT2D eigenvalue weighted by Crippen LogP contribution is 2.28. The van der Waals surface area contributed by atoms with Crippen LogP contribution in [0.5, 0.6) is 0 Å². The number of amides is 1. The fraction of sp³-hybridized carbons (Fsp3) is 0.533. The van der Waals surface area contributed by atoms with Gasteiger partial charge in [-0.2, -0.15) is 0 Å². The Hall–Kier alpha value is -0.830. The van der Waals surface area contributed by atoms with E-state index in [0.29, 0.717) is 12.0 Å². The Morgan fingerprint density at radius 3 is 2.83 bits per heavy atom. The number of likely N-dealkylation sites (tertiary alicyclic amines) is 1. The molecule has 1 saturated heterocycles. The van der Waals surface area contributed by atoms with Gasteiger partial charge >= 0.3 is 0 Å². The second kappa shape index (κ2) is 5.43. The normalized spacial score (nSPS) is 23.4. The number of alkyl halides is 1. The van der Waals surface area contributed by atoms with Crippen molar-refractivity contribution in [2.75, 3.05) is 11.9 Å². The average molecular weight is 310 g/mol.